The highest BCUT2D eigenvalue weighted by Gasteiger charge is 2.19. The van der Waals surface area contributed by atoms with Crippen molar-refractivity contribution >= 4 is 0 Å². The summed E-state index contributed by atoms with van der Waals surface area (Å²) in [7, 11) is 0. The summed E-state index contributed by atoms with van der Waals surface area (Å²) in [6.45, 7) is 7.96. The molecule has 108 valence electrons. The predicted molar refractivity (Wildman–Crippen MR) is 79.1 cm³/mol. The smallest absolute Gasteiger partial charge is 0.126 e. The molecule has 2 N–H and O–H groups in total. The Labute approximate surface area is 119 Å². The van der Waals surface area contributed by atoms with Crippen molar-refractivity contribution in [1.82, 2.24) is 15.5 Å². The van der Waals surface area contributed by atoms with E-state index in [-0.39, 0.29) is 11.2 Å². The number of hydrogen-bond donors (Lipinski definition) is 2. The molecule has 0 aliphatic rings. The van der Waals surface area contributed by atoms with Crippen LogP contribution >= 0.6 is 0 Å². The third kappa shape index (κ3) is 3.67. The van der Waals surface area contributed by atoms with Gasteiger partial charge in [0.2, 0.25) is 0 Å². The first kappa shape index (κ1) is 14.7. The number of nitrogens with one attached hydrogen (secondary N) is 2. The van der Waals surface area contributed by atoms with Crippen molar-refractivity contribution < 1.29 is 4.39 Å². The summed E-state index contributed by atoms with van der Waals surface area (Å²) >= 11 is 0. The average Bonchev–Trinajstić information content (AvgIpc) is 2.85. The number of aromatic nitrogens is 2. The second-order valence-electron chi connectivity index (χ2n) is 6.04. The summed E-state index contributed by atoms with van der Waals surface area (Å²) in [6.07, 6.45) is 2.55. The molecule has 2 aromatic rings. The van der Waals surface area contributed by atoms with E-state index in [1.807, 2.05) is 18.3 Å². The van der Waals surface area contributed by atoms with Gasteiger partial charge in [-0.1, -0.05) is 39.0 Å². The first-order valence-corrected chi connectivity index (χ1v) is 6.95. The fraction of sp³-hybridized carbons (Fsp3) is 0.438. The molecule has 0 fully saturated rings. The highest BCUT2D eigenvalue weighted by molar-refractivity contribution is 5.23. The van der Waals surface area contributed by atoms with E-state index in [1.54, 1.807) is 6.07 Å². The summed E-state index contributed by atoms with van der Waals surface area (Å²) in [5.74, 6) is -0.131. The van der Waals surface area contributed by atoms with E-state index in [0.717, 1.165) is 24.3 Å². The van der Waals surface area contributed by atoms with Crippen molar-refractivity contribution in [2.45, 2.75) is 39.2 Å². The first-order chi connectivity index (χ1) is 9.48. The minimum atomic E-state index is -0.131. The molecule has 20 heavy (non-hydrogen) atoms. The van der Waals surface area contributed by atoms with Gasteiger partial charge in [0.25, 0.3) is 0 Å². The van der Waals surface area contributed by atoms with Crippen LogP contribution in [0.2, 0.25) is 0 Å². The zero-order valence-corrected chi connectivity index (χ0v) is 12.3. The standard InChI is InChI=1S/C16H22FN3/c1-16(2,3)15-13(11-19-20-15)10-18-9-8-12-6-4-5-7-14(12)17/h4-7,11,18H,8-10H2,1-3H3,(H,19,20). The second-order valence-corrected chi connectivity index (χ2v) is 6.04. The Hall–Kier alpha value is -1.68. The van der Waals surface area contributed by atoms with E-state index in [9.17, 15) is 4.39 Å². The summed E-state index contributed by atoms with van der Waals surface area (Å²) in [6, 6.07) is 6.91. The Balaban J connectivity index is 1.85. The van der Waals surface area contributed by atoms with Crippen molar-refractivity contribution in [2.24, 2.45) is 0 Å². The van der Waals surface area contributed by atoms with Crippen LogP contribution < -0.4 is 5.32 Å². The Kier molecular flexibility index (Phi) is 4.55. The second kappa shape index (κ2) is 6.18. The number of rotatable bonds is 5. The monoisotopic (exact) mass is 275 g/mol. The molecular formula is C16H22FN3. The maximum atomic E-state index is 13.5. The molecule has 4 heteroatoms. The van der Waals surface area contributed by atoms with Gasteiger partial charge in [-0.25, -0.2) is 4.39 Å². The van der Waals surface area contributed by atoms with E-state index >= 15 is 0 Å². The molecule has 3 nitrogen and oxygen atoms in total. The van der Waals surface area contributed by atoms with E-state index in [1.165, 1.54) is 11.6 Å². The minimum absolute atomic E-state index is 0.0546. The van der Waals surface area contributed by atoms with Gasteiger partial charge in [-0.2, -0.15) is 5.10 Å². The van der Waals surface area contributed by atoms with Crippen molar-refractivity contribution in [1.29, 1.82) is 0 Å². The largest absolute Gasteiger partial charge is 0.312 e. The van der Waals surface area contributed by atoms with Gasteiger partial charge in [0.1, 0.15) is 5.82 Å². The molecule has 0 saturated heterocycles. The van der Waals surface area contributed by atoms with Crippen LogP contribution in [0.4, 0.5) is 4.39 Å². The topological polar surface area (TPSA) is 40.7 Å². The molecule has 0 aliphatic heterocycles. The quantitative estimate of drug-likeness (QED) is 0.823. The van der Waals surface area contributed by atoms with Gasteiger partial charge >= 0.3 is 0 Å². The van der Waals surface area contributed by atoms with E-state index in [0.29, 0.717) is 6.42 Å². The third-order valence-corrected chi connectivity index (χ3v) is 3.31. The maximum Gasteiger partial charge on any atom is 0.126 e. The van der Waals surface area contributed by atoms with Gasteiger partial charge in [0.15, 0.2) is 0 Å². The maximum absolute atomic E-state index is 13.5. The van der Waals surface area contributed by atoms with E-state index in [4.69, 9.17) is 0 Å². The molecule has 1 aromatic carbocycles. The minimum Gasteiger partial charge on any atom is -0.312 e. The number of H-pyrrole nitrogens is 1. The molecule has 0 bridgehead atoms. The molecule has 0 radical (unpaired) electrons. The van der Waals surface area contributed by atoms with Crippen LogP contribution in [0.5, 0.6) is 0 Å². The van der Waals surface area contributed by atoms with Gasteiger partial charge in [-0.3, -0.25) is 5.10 Å². The normalized spacial score (nSPS) is 11.8. The van der Waals surface area contributed by atoms with Gasteiger partial charge in [-0.15, -0.1) is 0 Å². The Bertz CT molecular complexity index is 555. The van der Waals surface area contributed by atoms with Crippen LogP contribution in [-0.4, -0.2) is 16.7 Å². The molecular weight excluding hydrogens is 253 g/mol. The lowest BCUT2D eigenvalue weighted by Crippen LogP contribution is -2.21. The summed E-state index contributed by atoms with van der Waals surface area (Å²) < 4.78 is 13.5. The predicted octanol–water partition coefficient (Wildman–Crippen LogP) is 3.18. The van der Waals surface area contributed by atoms with Crippen molar-refractivity contribution in [2.75, 3.05) is 6.54 Å². The molecule has 2 rings (SSSR count). The zero-order valence-electron chi connectivity index (χ0n) is 12.3. The highest BCUT2D eigenvalue weighted by Crippen LogP contribution is 2.23. The fourth-order valence-electron chi connectivity index (χ4n) is 2.24. The molecule has 0 unspecified atom stereocenters. The Morgan fingerprint density at radius 1 is 1.20 bits per heavy atom. The molecule has 0 amide bonds. The molecule has 1 aromatic heterocycles. The summed E-state index contributed by atoms with van der Waals surface area (Å²) in [4.78, 5) is 0. The summed E-state index contributed by atoms with van der Waals surface area (Å²) in [5, 5.41) is 10.5. The third-order valence-electron chi connectivity index (χ3n) is 3.31. The lowest BCUT2D eigenvalue weighted by molar-refractivity contribution is 0.552. The zero-order chi connectivity index (χ0) is 14.6. The van der Waals surface area contributed by atoms with E-state index in [2.05, 4.69) is 36.3 Å². The van der Waals surface area contributed by atoms with Crippen LogP contribution in [0.15, 0.2) is 30.5 Å². The summed E-state index contributed by atoms with van der Waals surface area (Å²) in [5.41, 5.74) is 3.13. The lowest BCUT2D eigenvalue weighted by Gasteiger charge is -2.18. The number of aromatic amines is 1. The molecule has 0 aliphatic carbocycles. The number of nitrogens with zero attached hydrogens (tertiary/aromatic N) is 1. The number of halogens is 1. The van der Waals surface area contributed by atoms with Crippen molar-refractivity contribution in [3.05, 3.63) is 53.1 Å². The van der Waals surface area contributed by atoms with Crippen molar-refractivity contribution in [3.63, 3.8) is 0 Å². The highest BCUT2D eigenvalue weighted by atomic mass is 19.1. The molecule has 1 heterocycles. The van der Waals surface area contributed by atoms with Crippen molar-refractivity contribution in [3.8, 4) is 0 Å². The number of benzene rings is 1. The molecule has 0 saturated carbocycles. The molecule has 0 spiro atoms. The van der Waals surface area contributed by atoms with Crippen LogP contribution in [0.1, 0.15) is 37.6 Å². The van der Waals surface area contributed by atoms with Gasteiger partial charge < -0.3 is 5.32 Å². The number of hydrogen-bond acceptors (Lipinski definition) is 2. The Morgan fingerprint density at radius 3 is 2.65 bits per heavy atom. The van der Waals surface area contributed by atoms with E-state index < -0.39 is 0 Å². The van der Waals surface area contributed by atoms with Crippen LogP contribution in [0.25, 0.3) is 0 Å². The van der Waals surface area contributed by atoms with Gasteiger partial charge in [0, 0.05) is 23.2 Å². The van der Waals surface area contributed by atoms with Crippen LogP contribution in [-0.2, 0) is 18.4 Å². The van der Waals surface area contributed by atoms with Gasteiger partial charge in [0.05, 0.1) is 6.20 Å². The lowest BCUT2D eigenvalue weighted by atomic mass is 9.89. The average molecular weight is 275 g/mol. The molecule has 0 atom stereocenters. The Morgan fingerprint density at radius 2 is 1.95 bits per heavy atom. The SMILES string of the molecule is CC(C)(C)c1[nH]ncc1CNCCc1ccccc1F. The van der Waals surface area contributed by atoms with Crippen LogP contribution in [0, 0.1) is 5.82 Å². The van der Waals surface area contributed by atoms with Crippen LogP contribution in [0.3, 0.4) is 0 Å². The first-order valence-electron chi connectivity index (χ1n) is 6.95. The fourth-order valence-corrected chi connectivity index (χ4v) is 2.24. The van der Waals surface area contributed by atoms with Gasteiger partial charge in [-0.05, 0) is 24.6 Å².